The minimum atomic E-state index is -0.0509. The summed E-state index contributed by atoms with van der Waals surface area (Å²) in [6.07, 6.45) is 8.03. The van der Waals surface area contributed by atoms with Crippen molar-refractivity contribution in [2.24, 2.45) is 0 Å². The first-order valence-corrected chi connectivity index (χ1v) is 11.8. The summed E-state index contributed by atoms with van der Waals surface area (Å²) >= 11 is 3.08. The summed E-state index contributed by atoms with van der Waals surface area (Å²) in [7, 11) is 0. The maximum atomic E-state index is 12.6. The quantitative estimate of drug-likeness (QED) is 0.324. The number of carbonyl (C=O) groups excluding carboxylic acids is 1. The Morgan fingerprint density at radius 1 is 1.17 bits per heavy atom. The predicted octanol–water partition coefficient (Wildman–Crippen LogP) is 5.40. The molecule has 0 bridgehead atoms. The molecule has 1 N–H and O–H groups in total. The monoisotopic (exact) mass is 435 g/mol. The highest BCUT2D eigenvalue weighted by molar-refractivity contribution is 8.00. The second kappa shape index (κ2) is 8.57. The summed E-state index contributed by atoms with van der Waals surface area (Å²) in [5, 5.41) is 9.26. The third kappa shape index (κ3) is 3.97. The first kappa shape index (κ1) is 19.3. The van der Waals surface area contributed by atoms with Crippen molar-refractivity contribution >= 4 is 45.0 Å². The Balaban J connectivity index is 1.29. The summed E-state index contributed by atoms with van der Waals surface area (Å²) in [4.78, 5) is 23.5. The van der Waals surface area contributed by atoms with Crippen LogP contribution in [-0.2, 0) is 4.79 Å². The molecule has 0 spiro atoms. The number of hydrogen-bond acceptors (Lipinski definition) is 6. The van der Waals surface area contributed by atoms with Crippen molar-refractivity contribution in [2.45, 2.75) is 36.8 Å². The molecule has 30 heavy (non-hydrogen) atoms. The fourth-order valence-corrected chi connectivity index (χ4v) is 5.70. The van der Waals surface area contributed by atoms with Crippen LogP contribution in [0.4, 0.5) is 5.82 Å². The lowest BCUT2D eigenvalue weighted by molar-refractivity contribution is -0.113. The Hall–Kier alpha value is -2.71. The molecule has 152 valence electrons. The van der Waals surface area contributed by atoms with Gasteiger partial charge in [0.05, 0.1) is 18.0 Å². The third-order valence-corrected chi connectivity index (χ3v) is 7.40. The highest BCUT2D eigenvalue weighted by Crippen LogP contribution is 2.36. The topological polar surface area (TPSA) is 72.7 Å². The Kier molecular flexibility index (Phi) is 5.50. The average molecular weight is 436 g/mol. The van der Waals surface area contributed by atoms with Crippen molar-refractivity contribution in [3.63, 3.8) is 0 Å². The fourth-order valence-electron chi connectivity index (χ4n) is 3.86. The van der Waals surface area contributed by atoms with Crippen molar-refractivity contribution in [1.82, 2.24) is 19.7 Å². The molecule has 0 atom stereocenters. The number of amides is 1. The lowest BCUT2D eigenvalue weighted by Gasteiger charge is -2.14. The Bertz CT molecular complexity index is 1160. The van der Waals surface area contributed by atoms with Crippen LogP contribution in [0.2, 0.25) is 0 Å². The lowest BCUT2D eigenvalue weighted by atomic mass is 10.2. The van der Waals surface area contributed by atoms with Crippen LogP contribution in [0.15, 0.2) is 60.0 Å². The smallest absolute Gasteiger partial charge is 0.235 e. The SMILES string of the molecule is O=C(CSc1ncnc2sc(-c3ccccc3)cc12)Nc1ccnn1C1CCCC1. The van der Waals surface area contributed by atoms with Gasteiger partial charge in [0.2, 0.25) is 5.91 Å². The molecule has 0 radical (unpaired) electrons. The molecule has 1 fully saturated rings. The molecule has 1 saturated carbocycles. The predicted molar refractivity (Wildman–Crippen MR) is 122 cm³/mol. The van der Waals surface area contributed by atoms with Gasteiger partial charge in [-0.1, -0.05) is 54.9 Å². The Morgan fingerprint density at radius 3 is 2.83 bits per heavy atom. The van der Waals surface area contributed by atoms with E-state index in [1.54, 1.807) is 23.9 Å². The van der Waals surface area contributed by atoms with Crippen LogP contribution in [0.3, 0.4) is 0 Å². The molecule has 3 heterocycles. The second-order valence-electron chi connectivity index (χ2n) is 7.31. The van der Waals surface area contributed by atoms with E-state index in [0.29, 0.717) is 11.8 Å². The molecule has 0 saturated heterocycles. The number of rotatable bonds is 6. The first-order chi connectivity index (χ1) is 14.8. The molecular weight excluding hydrogens is 414 g/mol. The molecule has 5 rings (SSSR count). The van der Waals surface area contributed by atoms with Gasteiger partial charge in [0.25, 0.3) is 0 Å². The number of thioether (sulfide) groups is 1. The van der Waals surface area contributed by atoms with Crippen LogP contribution in [0.1, 0.15) is 31.7 Å². The summed E-state index contributed by atoms with van der Waals surface area (Å²) in [6, 6.07) is 14.6. The average Bonchev–Trinajstić information content (AvgIpc) is 3.52. The van der Waals surface area contributed by atoms with Crippen LogP contribution in [0, 0.1) is 0 Å². The van der Waals surface area contributed by atoms with Gasteiger partial charge in [-0.05, 0) is 24.5 Å². The molecule has 6 nitrogen and oxygen atoms in total. The molecule has 8 heteroatoms. The molecule has 0 aliphatic heterocycles. The lowest BCUT2D eigenvalue weighted by Crippen LogP contribution is -2.19. The number of benzene rings is 1. The standard InChI is InChI=1S/C22H21N5OS2/c28-20(26-19-10-11-25-27(19)16-8-4-5-9-16)13-29-21-17-12-18(15-6-2-1-3-7-15)30-22(17)24-14-23-21/h1-3,6-7,10-12,14,16H,4-5,8-9,13H2,(H,26,28). The number of nitrogens with zero attached hydrogens (tertiary/aromatic N) is 4. The number of aromatic nitrogens is 4. The Morgan fingerprint density at radius 2 is 2.00 bits per heavy atom. The first-order valence-electron chi connectivity index (χ1n) is 10.0. The van der Waals surface area contributed by atoms with E-state index in [-0.39, 0.29) is 5.91 Å². The highest BCUT2D eigenvalue weighted by atomic mass is 32.2. The normalized spacial score (nSPS) is 14.4. The fraction of sp³-hybridized carbons (Fsp3) is 0.273. The van der Waals surface area contributed by atoms with E-state index in [9.17, 15) is 4.79 Å². The third-order valence-electron chi connectivity index (χ3n) is 5.30. The Labute approximate surface area is 182 Å². The zero-order valence-electron chi connectivity index (χ0n) is 16.3. The molecular formula is C22H21N5OS2. The maximum Gasteiger partial charge on any atom is 0.235 e. The zero-order chi connectivity index (χ0) is 20.3. The summed E-state index contributed by atoms with van der Waals surface area (Å²) in [5.74, 6) is 1.02. The van der Waals surface area contributed by atoms with Crippen molar-refractivity contribution in [3.05, 3.63) is 55.0 Å². The number of nitrogens with one attached hydrogen (secondary N) is 1. The van der Waals surface area contributed by atoms with Crippen molar-refractivity contribution in [3.8, 4) is 10.4 Å². The van der Waals surface area contributed by atoms with E-state index in [0.717, 1.165) is 44.3 Å². The van der Waals surface area contributed by atoms with Gasteiger partial charge in [-0.3, -0.25) is 4.79 Å². The number of thiophene rings is 1. The van der Waals surface area contributed by atoms with E-state index >= 15 is 0 Å². The van der Waals surface area contributed by atoms with E-state index in [1.807, 2.05) is 28.9 Å². The van der Waals surface area contributed by atoms with E-state index < -0.39 is 0 Å². The molecule has 1 amide bonds. The molecule has 1 aromatic carbocycles. The van der Waals surface area contributed by atoms with E-state index in [1.165, 1.54) is 24.6 Å². The molecule has 4 aromatic rings. The van der Waals surface area contributed by atoms with Crippen LogP contribution < -0.4 is 5.32 Å². The second-order valence-corrected chi connectivity index (χ2v) is 9.31. The highest BCUT2D eigenvalue weighted by Gasteiger charge is 2.20. The summed E-state index contributed by atoms with van der Waals surface area (Å²) in [6.45, 7) is 0. The number of fused-ring (bicyclic) bond motifs is 1. The van der Waals surface area contributed by atoms with Gasteiger partial charge in [0.15, 0.2) is 0 Å². The molecule has 1 aliphatic carbocycles. The van der Waals surface area contributed by atoms with Crippen LogP contribution in [0.5, 0.6) is 0 Å². The van der Waals surface area contributed by atoms with Crippen molar-refractivity contribution < 1.29 is 4.79 Å². The van der Waals surface area contributed by atoms with Gasteiger partial charge in [-0.25, -0.2) is 14.6 Å². The number of carbonyl (C=O) groups is 1. The molecule has 3 aromatic heterocycles. The minimum Gasteiger partial charge on any atom is -0.310 e. The number of hydrogen-bond donors (Lipinski definition) is 1. The molecule has 0 unspecified atom stereocenters. The maximum absolute atomic E-state index is 12.6. The zero-order valence-corrected chi connectivity index (χ0v) is 18.0. The van der Waals surface area contributed by atoms with Gasteiger partial charge >= 0.3 is 0 Å². The van der Waals surface area contributed by atoms with Gasteiger partial charge in [0, 0.05) is 16.3 Å². The number of anilines is 1. The van der Waals surface area contributed by atoms with Gasteiger partial charge in [-0.2, -0.15) is 5.10 Å². The minimum absolute atomic E-state index is 0.0509. The van der Waals surface area contributed by atoms with Crippen LogP contribution in [-0.4, -0.2) is 31.4 Å². The van der Waals surface area contributed by atoms with Gasteiger partial charge in [-0.15, -0.1) is 11.3 Å². The van der Waals surface area contributed by atoms with Gasteiger partial charge < -0.3 is 5.32 Å². The summed E-state index contributed by atoms with van der Waals surface area (Å²) in [5.41, 5.74) is 1.16. The van der Waals surface area contributed by atoms with Crippen LogP contribution >= 0.6 is 23.1 Å². The van der Waals surface area contributed by atoms with Crippen LogP contribution in [0.25, 0.3) is 20.7 Å². The van der Waals surface area contributed by atoms with Gasteiger partial charge in [0.1, 0.15) is 22.0 Å². The van der Waals surface area contributed by atoms with E-state index in [2.05, 4.69) is 38.6 Å². The van der Waals surface area contributed by atoms with Crippen molar-refractivity contribution in [2.75, 3.05) is 11.1 Å². The summed E-state index contributed by atoms with van der Waals surface area (Å²) < 4.78 is 1.96. The molecule has 1 aliphatic rings. The van der Waals surface area contributed by atoms with E-state index in [4.69, 9.17) is 0 Å². The largest absolute Gasteiger partial charge is 0.310 e. The van der Waals surface area contributed by atoms with Crippen molar-refractivity contribution in [1.29, 1.82) is 0 Å².